The van der Waals surface area contributed by atoms with Gasteiger partial charge in [-0.05, 0) is 46.4 Å². The molecule has 1 heterocycles. The summed E-state index contributed by atoms with van der Waals surface area (Å²) in [5.74, 6) is 5.62. The van der Waals surface area contributed by atoms with E-state index in [4.69, 9.17) is 5.84 Å². The average Bonchev–Trinajstić information content (AvgIpc) is 2.36. The molecule has 1 atom stereocenters. The van der Waals surface area contributed by atoms with Crippen LogP contribution in [-0.2, 0) is 0 Å². The third-order valence-corrected chi connectivity index (χ3v) is 3.79. The van der Waals surface area contributed by atoms with Crippen LogP contribution < -0.4 is 11.3 Å². The number of hydrogen-bond donors (Lipinski definition) is 2. The maximum Gasteiger partial charge on any atom is 0.0907 e. The fourth-order valence-corrected chi connectivity index (χ4v) is 2.56. The molecule has 0 fully saturated rings. The molecule has 0 aliphatic carbocycles. The van der Waals surface area contributed by atoms with Gasteiger partial charge in [-0.2, -0.15) is 0 Å². The first-order valence-electron chi connectivity index (χ1n) is 4.89. The molecular formula is C11H10BrIN4. The van der Waals surface area contributed by atoms with Crippen molar-refractivity contribution in [2.45, 2.75) is 6.04 Å². The zero-order chi connectivity index (χ0) is 12.3. The Kier molecular flexibility index (Phi) is 4.43. The van der Waals surface area contributed by atoms with E-state index in [0.717, 1.165) is 19.3 Å². The maximum atomic E-state index is 5.62. The molecule has 88 valence electrons. The Morgan fingerprint density at radius 2 is 2.18 bits per heavy atom. The van der Waals surface area contributed by atoms with Gasteiger partial charge in [0.25, 0.3) is 0 Å². The average molecular weight is 405 g/mol. The molecule has 0 bridgehead atoms. The number of nitrogens with one attached hydrogen (secondary N) is 1. The van der Waals surface area contributed by atoms with Crippen molar-refractivity contribution in [1.82, 2.24) is 15.4 Å². The first kappa shape index (κ1) is 12.9. The van der Waals surface area contributed by atoms with E-state index in [-0.39, 0.29) is 6.04 Å². The van der Waals surface area contributed by atoms with Gasteiger partial charge in [-0.3, -0.25) is 15.8 Å². The zero-order valence-electron chi connectivity index (χ0n) is 8.77. The number of aromatic nitrogens is 2. The van der Waals surface area contributed by atoms with Crippen LogP contribution in [0.2, 0.25) is 0 Å². The standard InChI is InChI=1S/C11H10BrIN4/c12-7-1-2-9(13)8(5-7)11(17-14)10-6-15-3-4-16-10/h1-6,11,17H,14H2. The number of halogens is 2. The van der Waals surface area contributed by atoms with Gasteiger partial charge in [0.1, 0.15) is 0 Å². The Hall–Kier alpha value is -0.570. The Morgan fingerprint density at radius 3 is 2.82 bits per heavy atom. The topological polar surface area (TPSA) is 63.8 Å². The van der Waals surface area contributed by atoms with E-state index in [0.29, 0.717) is 0 Å². The molecule has 1 aromatic carbocycles. The molecule has 1 unspecified atom stereocenters. The molecule has 2 rings (SSSR count). The van der Waals surface area contributed by atoms with Crippen molar-refractivity contribution in [2.75, 3.05) is 0 Å². The SMILES string of the molecule is NNC(c1cnccn1)c1cc(Br)ccc1I. The van der Waals surface area contributed by atoms with E-state index in [1.54, 1.807) is 18.6 Å². The van der Waals surface area contributed by atoms with Gasteiger partial charge in [0, 0.05) is 20.4 Å². The zero-order valence-corrected chi connectivity index (χ0v) is 12.5. The number of nitrogens with zero attached hydrogens (tertiary/aromatic N) is 2. The van der Waals surface area contributed by atoms with Crippen molar-refractivity contribution in [3.63, 3.8) is 0 Å². The molecule has 4 nitrogen and oxygen atoms in total. The lowest BCUT2D eigenvalue weighted by atomic mass is 10.1. The van der Waals surface area contributed by atoms with Crippen LogP contribution in [0.4, 0.5) is 0 Å². The Balaban J connectivity index is 2.46. The molecule has 0 spiro atoms. The summed E-state index contributed by atoms with van der Waals surface area (Å²) in [6, 6.07) is 5.89. The Bertz CT molecular complexity index is 506. The molecule has 0 saturated carbocycles. The first-order chi connectivity index (χ1) is 8.22. The largest absolute Gasteiger partial charge is 0.271 e. The Labute approximate surface area is 121 Å². The van der Waals surface area contributed by atoms with Gasteiger partial charge < -0.3 is 0 Å². The van der Waals surface area contributed by atoms with Crippen LogP contribution in [0, 0.1) is 3.57 Å². The molecule has 0 amide bonds. The molecule has 0 aliphatic rings. The highest BCUT2D eigenvalue weighted by molar-refractivity contribution is 14.1. The number of hydrogen-bond acceptors (Lipinski definition) is 4. The lowest BCUT2D eigenvalue weighted by Crippen LogP contribution is -2.30. The van der Waals surface area contributed by atoms with Crippen molar-refractivity contribution in [1.29, 1.82) is 0 Å². The predicted octanol–water partition coefficient (Wildman–Crippen LogP) is 2.40. The second-order valence-electron chi connectivity index (χ2n) is 3.40. The number of nitrogens with two attached hydrogens (primary N) is 1. The van der Waals surface area contributed by atoms with E-state index in [1.165, 1.54) is 0 Å². The van der Waals surface area contributed by atoms with Gasteiger partial charge in [0.15, 0.2) is 0 Å². The highest BCUT2D eigenvalue weighted by atomic mass is 127. The summed E-state index contributed by atoms with van der Waals surface area (Å²) in [5.41, 5.74) is 4.64. The van der Waals surface area contributed by atoms with Crippen LogP contribution in [0.1, 0.15) is 17.3 Å². The lowest BCUT2D eigenvalue weighted by molar-refractivity contribution is 0.615. The lowest BCUT2D eigenvalue weighted by Gasteiger charge is -2.17. The van der Waals surface area contributed by atoms with Crippen LogP contribution in [0.25, 0.3) is 0 Å². The van der Waals surface area contributed by atoms with Gasteiger partial charge in [0.05, 0.1) is 17.9 Å². The summed E-state index contributed by atoms with van der Waals surface area (Å²) in [5, 5.41) is 0. The minimum atomic E-state index is -0.159. The molecule has 2 aromatic rings. The minimum absolute atomic E-state index is 0.159. The van der Waals surface area contributed by atoms with Gasteiger partial charge >= 0.3 is 0 Å². The van der Waals surface area contributed by atoms with Crippen LogP contribution in [0.5, 0.6) is 0 Å². The van der Waals surface area contributed by atoms with Crippen molar-refractivity contribution in [3.05, 3.63) is 56.1 Å². The van der Waals surface area contributed by atoms with Crippen LogP contribution in [0.3, 0.4) is 0 Å². The Morgan fingerprint density at radius 1 is 1.35 bits per heavy atom. The third-order valence-electron chi connectivity index (χ3n) is 2.31. The highest BCUT2D eigenvalue weighted by Crippen LogP contribution is 2.27. The van der Waals surface area contributed by atoms with Gasteiger partial charge in [0.2, 0.25) is 0 Å². The van der Waals surface area contributed by atoms with Gasteiger partial charge in [-0.1, -0.05) is 15.9 Å². The molecule has 0 radical (unpaired) electrons. The second-order valence-corrected chi connectivity index (χ2v) is 5.47. The summed E-state index contributed by atoms with van der Waals surface area (Å²) >= 11 is 5.74. The van der Waals surface area contributed by atoms with Crippen molar-refractivity contribution < 1.29 is 0 Å². The summed E-state index contributed by atoms with van der Waals surface area (Å²) in [6.45, 7) is 0. The fraction of sp³-hybridized carbons (Fsp3) is 0.0909. The highest BCUT2D eigenvalue weighted by Gasteiger charge is 2.16. The van der Waals surface area contributed by atoms with Crippen molar-refractivity contribution in [2.24, 2.45) is 5.84 Å². The van der Waals surface area contributed by atoms with E-state index in [1.807, 2.05) is 18.2 Å². The quantitative estimate of drug-likeness (QED) is 0.468. The van der Waals surface area contributed by atoms with Crippen LogP contribution >= 0.6 is 38.5 Å². The monoisotopic (exact) mass is 404 g/mol. The second kappa shape index (κ2) is 5.85. The maximum absolute atomic E-state index is 5.62. The summed E-state index contributed by atoms with van der Waals surface area (Å²) < 4.78 is 2.14. The fourth-order valence-electron chi connectivity index (χ4n) is 1.53. The number of hydrazine groups is 1. The smallest absolute Gasteiger partial charge is 0.0907 e. The van der Waals surface area contributed by atoms with Crippen LogP contribution in [-0.4, -0.2) is 9.97 Å². The molecule has 0 aliphatic heterocycles. The number of rotatable bonds is 3. The van der Waals surface area contributed by atoms with E-state index < -0.39 is 0 Å². The summed E-state index contributed by atoms with van der Waals surface area (Å²) in [6.07, 6.45) is 5.01. The van der Waals surface area contributed by atoms with E-state index in [2.05, 4.69) is 53.9 Å². The molecule has 3 N–H and O–H groups in total. The summed E-state index contributed by atoms with van der Waals surface area (Å²) in [7, 11) is 0. The number of benzene rings is 1. The van der Waals surface area contributed by atoms with Gasteiger partial charge in [-0.25, -0.2) is 5.43 Å². The van der Waals surface area contributed by atoms with E-state index in [9.17, 15) is 0 Å². The first-order valence-corrected chi connectivity index (χ1v) is 6.76. The summed E-state index contributed by atoms with van der Waals surface area (Å²) in [4.78, 5) is 8.33. The van der Waals surface area contributed by atoms with E-state index >= 15 is 0 Å². The molecular weight excluding hydrogens is 395 g/mol. The normalized spacial score (nSPS) is 12.4. The van der Waals surface area contributed by atoms with Crippen molar-refractivity contribution >= 4 is 38.5 Å². The van der Waals surface area contributed by atoms with Crippen LogP contribution in [0.15, 0.2) is 41.3 Å². The van der Waals surface area contributed by atoms with Gasteiger partial charge in [-0.15, -0.1) is 0 Å². The van der Waals surface area contributed by atoms with Crippen molar-refractivity contribution in [3.8, 4) is 0 Å². The molecule has 6 heteroatoms. The third kappa shape index (κ3) is 3.01. The molecule has 0 saturated heterocycles. The molecule has 1 aromatic heterocycles. The molecule has 17 heavy (non-hydrogen) atoms. The minimum Gasteiger partial charge on any atom is -0.271 e. The predicted molar refractivity (Wildman–Crippen MR) is 78.1 cm³/mol.